The van der Waals surface area contributed by atoms with Crippen LogP contribution in [0.3, 0.4) is 0 Å². The van der Waals surface area contributed by atoms with Gasteiger partial charge < -0.3 is 9.30 Å². The zero-order valence-corrected chi connectivity index (χ0v) is 20.5. The number of carbonyl (C=O) groups excluding carboxylic acids is 1. The summed E-state index contributed by atoms with van der Waals surface area (Å²) in [4.78, 5) is 12.5. The number of hydrogen-bond donors (Lipinski definition) is 0. The molecule has 0 saturated heterocycles. The fourth-order valence-electron chi connectivity index (χ4n) is 3.58. The number of aromatic nitrogens is 1. The fraction of sp³-hybridized carbons (Fsp3) is 0.107. The first-order chi connectivity index (χ1) is 17.3. The van der Waals surface area contributed by atoms with Crippen LogP contribution in [0.15, 0.2) is 96.2 Å². The molecule has 1 heterocycles. The van der Waals surface area contributed by atoms with Gasteiger partial charge in [0.25, 0.3) is 10.0 Å². The van der Waals surface area contributed by atoms with Gasteiger partial charge in [0.1, 0.15) is 5.82 Å². The van der Waals surface area contributed by atoms with Crippen molar-refractivity contribution < 1.29 is 22.3 Å². The summed E-state index contributed by atoms with van der Waals surface area (Å²) in [6.45, 7) is 1.77. The standard InChI is InChI=1S/C28H23FN2O4S/c1-21-8-14-25(15-9-21)36(33,34)31(20-22-10-12-24(29)13-11-22)19-16-23-6-5-7-26(28(32)35-2)27(23)30-17-3-4-18-30/h3-15,17-18H,20H2,1-2H3. The fourth-order valence-corrected chi connectivity index (χ4v) is 4.80. The molecule has 182 valence electrons. The van der Waals surface area contributed by atoms with E-state index in [1.165, 1.54) is 43.5 Å². The van der Waals surface area contributed by atoms with Crippen molar-refractivity contribution in [2.75, 3.05) is 7.11 Å². The Hall–Kier alpha value is -4.35. The third kappa shape index (κ3) is 5.32. The molecule has 6 nitrogen and oxygen atoms in total. The van der Waals surface area contributed by atoms with Crippen molar-refractivity contribution in [3.05, 3.63) is 119 Å². The van der Waals surface area contributed by atoms with Crippen LogP contribution in [0.1, 0.15) is 27.0 Å². The number of halogens is 1. The van der Waals surface area contributed by atoms with E-state index in [1.54, 1.807) is 59.4 Å². The summed E-state index contributed by atoms with van der Waals surface area (Å²) in [7, 11) is -2.74. The molecule has 0 amide bonds. The van der Waals surface area contributed by atoms with Crippen LogP contribution in [-0.2, 0) is 21.3 Å². The first-order valence-electron chi connectivity index (χ1n) is 11.0. The molecule has 1 aromatic heterocycles. The first kappa shape index (κ1) is 24.8. The largest absolute Gasteiger partial charge is 0.465 e. The molecule has 0 spiro atoms. The van der Waals surface area contributed by atoms with Gasteiger partial charge in [-0.2, -0.15) is 0 Å². The van der Waals surface area contributed by atoms with Crippen LogP contribution in [-0.4, -0.2) is 30.4 Å². The van der Waals surface area contributed by atoms with E-state index in [0.29, 0.717) is 16.8 Å². The van der Waals surface area contributed by atoms with Crippen LogP contribution in [0.2, 0.25) is 0 Å². The zero-order chi connectivity index (χ0) is 25.7. The second-order valence-electron chi connectivity index (χ2n) is 7.97. The third-order valence-corrected chi connectivity index (χ3v) is 7.14. The second-order valence-corrected chi connectivity index (χ2v) is 9.83. The van der Waals surface area contributed by atoms with Gasteiger partial charge in [-0.1, -0.05) is 35.9 Å². The van der Waals surface area contributed by atoms with E-state index in [4.69, 9.17) is 4.74 Å². The molecule has 0 radical (unpaired) electrons. The average Bonchev–Trinajstić information content (AvgIpc) is 3.41. The third-order valence-electron chi connectivity index (χ3n) is 5.47. The Morgan fingerprint density at radius 1 is 0.972 bits per heavy atom. The molecular formula is C28H23FN2O4S. The summed E-state index contributed by atoms with van der Waals surface area (Å²) in [6, 6.07) is 23.4. The quantitative estimate of drug-likeness (QED) is 0.213. The Morgan fingerprint density at radius 3 is 2.28 bits per heavy atom. The van der Waals surface area contributed by atoms with E-state index in [-0.39, 0.29) is 17.0 Å². The molecule has 4 aromatic rings. The van der Waals surface area contributed by atoms with E-state index in [1.807, 2.05) is 6.92 Å². The lowest BCUT2D eigenvalue weighted by atomic mass is 10.1. The number of benzene rings is 3. The van der Waals surface area contributed by atoms with E-state index in [0.717, 1.165) is 9.87 Å². The van der Waals surface area contributed by atoms with Gasteiger partial charge in [0.2, 0.25) is 0 Å². The lowest BCUT2D eigenvalue weighted by Crippen LogP contribution is -2.26. The smallest absolute Gasteiger partial charge is 0.340 e. The van der Waals surface area contributed by atoms with Gasteiger partial charge in [0.05, 0.1) is 35.4 Å². The number of methoxy groups -OCH3 is 1. The van der Waals surface area contributed by atoms with Crippen molar-refractivity contribution in [1.29, 1.82) is 0 Å². The Bertz CT molecular complexity index is 1530. The minimum absolute atomic E-state index is 0.0819. The molecule has 0 fully saturated rings. The van der Waals surface area contributed by atoms with Crippen molar-refractivity contribution in [2.45, 2.75) is 18.4 Å². The number of nitrogens with zero attached hydrogens (tertiary/aromatic N) is 2. The molecule has 0 bridgehead atoms. The molecule has 0 atom stereocenters. The summed E-state index contributed by atoms with van der Waals surface area (Å²) < 4.78 is 48.2. The highest BCUT2D eigenvalue weighted by atomic mass is 32.2. The lowest BCUT2D eigenvalue weighted by molar-refractivity contribution is 0.0600. The van der Waals surface area contributed by atoms with Crippen molar-refractivity contribution in [1.82, 2.24) is 8.87 Å². The number of hydrogen-bond acceptors (Lipinski definition) is 4. The van der Waals surface area contributed by atoms with Crippen molar-refractivity contribution in [3.8, 4) is 17.7 Å². The summed E-state index contributed by atoms with van der Waals surface area (Å²) in [5.41, 5.74) is 2.66. The maximum absolute atomic E-state index is 13.5. The van der Waals surface area contributed by atoms with Crippen molar-refractivity contribution in [2.24, 2.45) is 0 Å². The van der Waals surface area contributed by atoms with Crippen LogP contribution in [0.25, 0.3) is 5.69 Å². The predicted octanol–water partition coefficient (Wildman–Crippen LogP) is 4.91. The molecule has 4 rings (SSSR count). The SMILES string of the molecule is COC(=O)c1cccc(C#CN(Cc2ccc(F)cc2)S(=O)(=O)c2ccc(C)cc2)c1-n1cccc1. The number of para-hydroxylation sites is 1. The zero-order valence-electron chi connectivity index (χ0n) is 19.7. The summed E-state index contributed by atoms with van der Waals surface area (Å²) in [6.07, 6.45) is 3.51. The molecule has 0 saturated carbocycles. The Labute approximate surface area is 209 Å². The number of rotatable bonds is 6. The summed E-state index contributed by atoms with van der Waals surface area (Å²) in [5, 5.41) is 0. The summed E-state index contributed by atoms with van der Waals surface area (Å²) in [5.74, 6) is 1.97. The first-order valence-corrected chi connectivity index (χ1v) is 12.4. The predicted molar refractivity (Wildman–Crippen MR) is 134 cm³/mol. The molecule has 0 aliphatic heterocycles. The highest BCUT2D eigenvalue weighted by Gasteiger charge is 2.23. The van der Waals surface area contributed by atoms with Crippen LogP contribution >= 0.6 is 0 Å². The molecule has 8 heteroatoms. The van der Waals surface area contributed by atoms with E-state index >= 15 is 0 Å². The number of carbonyl (C=O) groups is 1. The number of aryl methyl sites for hydroxylation is 1. The second kappa shape index (κ2) is 10.5. The molecule has 36 heavy (non-hydrogen) atoms. The number of esters is 1. The Balaban J connectivity index is 1.84. The molecule has 0 aliphatic rings. The van der Waals surface area contributed by atoms with Gasteiger partial charge in [-0.3, -0.25) is 0 Å². The van der Waals surface area contributed by atoms with Crippen molar-refractivity contribution >= 4 is 16.0 Å². The van der Waals surface area contributed by atoms with Gasteiger partial charge in [0.15, 0.2) is 0 Å². The lowest BCUT2D eigenvalue weighted by Gasteiger charge is -2.18. The maximum Gasteiger partial charge on any atom is 0.340 e. The molecule has 0 unspecified atom stereocenters. The topological polar surface area (TPSA) is 68.6 Å². The van der Waals surface area contributed by atoms with E-state index < -0.39 is 21.8 Å². The summed E-state index contributed by atoms with van der Waals surface area (Å²) >= 11 is 0. The van der Waals surface area contributed by atoms with Crippen molar-refractivity contribution in [3.63, 3.8) is 0 Å². The van der Waals surface area contributed by atoms with Gasteiger partial charge >= 0.3 is 5.97 Å². The van der Waals surface area contributed by atoms with Crippen LogP contribution in [0.5, 0.6) is 0 Å². The van der Waals surface area contributed by atoms with E-state index in [2.05, 4.69) is 12.0 Å². The van der Waals surface area contributed by atoms with Crippen LogP contribution in [0, 0.1) is 24.7 Å². The highest BCUT2D eigenvalue weighted by molar-refractivity contribution is 7.89. The normalized spacial score (nSPS) is 10.9. The van der Waals surface area contributed by atoms with Gasteiger partial charge in [-0.15, -0.1) is 0 Å². The number of ether oxygens (including phenoxy) is 1. The van der Waals surface area contributed by atoms with Gasteiger partial charge in [-0.25, -0.2) is 21.9 Å². The minimum Gasteiger partial charge on any atom is -0.465 e. The maximum atomic E-state index is 13.5. The average molecular weight is 503 g/mol. The molecular weight excluding hydrogens is 479 g/mol. The van der Waals surface area contributed by atoms with Crippen LogP contribution < -0.4 is 0 Å². The Morgan fingerprint density at radius 2 is 1.64 bits per heavy atom. The van der Waals surface area contributed by atoms with Gasteiger partial charge in [0, 0.05) is 18.4 Å². The number of sulfonamides is 1. The Kier molecular flexibility index (Phi) is 7.23. The minimum atomic E-state index is -4.03. The van der Waals surface area contributed by atoms with E-state index in [9.17, 15) is 17.6 Å². The van der Waals surface area contributed by atoms with Crippen LogP contribution in [0.4, 0.5) is 4.39 Å². The molecule has 0 N–H and O–H groups in total. The monoisotopic (exact) mass is 502 g/mol. The molecule has 0 aliphatic carbocycles. The molecule has 3 aromatic carbocycles. The van der Waals surface area contributed by atoms with Gasteiger partial charge in [-0.05, 0) is 66.9 Å². The highest BCUT2D eigenvalue weighted by Crippen LogP contribution is 2.22.